The highest BCUT2D eigenvalue weighted by molar-refractivity contribution is 5.99. The van der Waals surface area contributed by atoms with Crippen LogP contribution in [-0.4, -0.2) is 41.9 Å². The number of carbonyl (C=O) groups is 1. The number of rotatable bonds is 3. The van der Waals surface area contributed by atoms with E-state index in [0.29, 0.717) is 18.8 Å². The number of amides is 1. The van der Waals surface area contributed by atoms with Crippen LogP contribution in [0, 0.1) is 19.7 Å². The molecule has 2 aromatic carbocycles. The highest BCUT2D eigenvalue weighted by Gasteiger charge is 2.25. The fraction of sp³-hybridized carbons (Fsp3) is 0.348. The number of hydrogen-bond donors (Lipinski definition) is 0. The Morgan fingerprint density at radius 2 is 1.82 bits per heavy atom. The lowest BCUT2D eigenvalue weighted by Crippen LogP contribution is -2.35. The number of halogens is 1. The van der Waals surface area contributed by atoms with E-state index in [1.54, 1.807) is 0 Å². The second-order valence-corrected chi connectivity index (χ2v) is 7.56. The van der Waals surface area contributed by atoms with Crippen LogP contribution in [0.4, 0.5) is 4.39 Å². The minimum atomic E-state index is -0.215. The largest absolute Gasteiger partial charge is 0.450 e. The van der Waals surface area contributed by atoms with Gasteiger partial charge in [0.1, 0.15) is 11.4 Å². The zero-order valence-electron chi connectivity index (χ0n) is 16.4. The van der Waals surface area contributed by atoms with Gasteiger partial charge in [-0.2, -0.15) is 0 Å². The van der Waals surface area contributed by atoms with E-state index in [4.69, 9.17) is 4.42 Å². The molecule has 0 radical (unpaired) electrons. The summed E-state index contributed by atoms with van der Waals surface area (Å²) >= 11 is 0. The van der Waals surface area contributed by atoms with E-state index in [1.807, 2.05) is 49.1 Å². The lowest BCUT2D eigenvalue weighted by molar-refractivity contribution is 0.0730. The second kappa shape index (κ2) is 7.76. The number of hydrogen-bond acceptors (Lipinski definition) is 3. The van der Waals surface area contributed by atoms with E-state index in [2.05, 4.69) is 4.90 Å². The number of para-hydroxylation sites is 1. The molecule has 0 spiro atoms. The Balaban J connectivity index is 1.47. The van der Waals surface area contributed by atoms with Crippen molar-refractivity contribution in [3.8, 4) is 0 Å². The number of aryl methyl sites for hydroxylation is 2. The maximum Gasteiger partial charge on any atom is 0.289 e. The van der Waals surface area contributed by atoms with E-state index in [1.165, 1.54) is 12.1 Å². The van der Waals surface area contributed by atoms with Gasteiger partial charge < -0.3 is 9.32 Å². The van der Waals surface area contributed by atoms with Gasteiger partial charge in [-0.15, -0.1) is 0 Å². The van der Waals surface area contributed by atoms with Gasteiger partial charge in [0, 0.05) is 43.7 Å². The van der Waals surface area contributed by atoms with Crippen LogP contribution in [0.25, 0.3) is 11.0 Å². The summed E-state index contributed by atoms with van der Waals surface area (Å²) in [6.07, 6.45) is 0.908. The standard InChI is InChI=1S/C23H25FN2O2/c1-16-5-3-6-20-17(2)22(28-21(16)20)23(27)26-12-4-11-25(13-14-26)15-18-7-9-19(24)10-8-18/h3,5-10H,4,11-15H2,1-2H3. The number of benzene rings is 2. The maximum atomic E-state index is 13.1. The normalized spacial score (nSPS) is 15.8. The van der Waals surface area contributed by atoms with Gasteiger partial charge in [-0.05, 0) is 43.5 Å². The summed E-state index contributed by atoms with van der Waals surface area (Å²) in [4.78, 5) is 17.3. The van der Waals surface area contributed by atoms with Crippen molar-refractivity contribution in [1.82, 2.24) is 9.80 Å². The molecule has 0 aliphatic carbocycles. The zero-order chi connectivity index (χ0) is 19.7. The molecular formula is C23H25FN2O2. The van der Waals surface area contributed by atoms with Gasteiger partial charge in [-0.1, -0.05) is 30.3 Å². The minimum Gasteiger partial charge on any atom is -0.450 e. The van der Waals surface area contributed by atoms with Crippen LogP contribution >= 0.6 is 0 Å². The Morgan fingerprint density at radius 3 is 2.57 bits per heavy atom. The molecule has 2 heterocycles. The Hall–Kier alpha value is -2.66. The monoisotopic (exact) mass is 380 g/mol. The van der Waals surface area contributed by atoms with Gasteiger partial charge in [-0.3, -0.25) is 9.69 Å². The first-order chi connectivity index (χ1) is 13.5. The number of carbonyl (C=O) groups excluding carboxylic acids is 1. The molecular weight excluding hydrogens is 355 g/mol. The van der Waals surface area contributed by atoms with Crippen LogP contribution in [-0.2, 0) is 6.54 Å². The summed E-state index contributed by atoms with van der Waals surface area (Å²) in [6.45, 7) is 7.81. The number of furan rings is 1. The number of nitrogens with zero attached hydrogens (tertiary/aromatic N) is 2. The summed E-state index contributed by atoms with van der Waals surface area (Å²) in [5.41, 5.74) is 3.85. The Morgan fingerprint density at radius 1 is 1.04 bits per heavy atom. The van der Waals surface area contributed by atoms with E-state index in [9.17, 15) is 9.18 Å². The lowest BCUT2D eigenvalue weighted by atomic mass is 10.1. The number of fused-ring (bicyclic) bond motifs is 1. The van der Waals surface area contributed by atoms with Gasteiger partial charge >= 0.3 is 0 Å². The predicted octanol–water partition coefficient (Wildman–Crippen LogP) is 4.54. The molecule has 4 nitrogen and oxygen atoms in total. The van der Waals surface area contributed by atoms with Crippen molar-refractivity contribution < 1.29 is 13.6 Å². The Kier molecular flexibility index (Phi) is 5.18. The predicted molar refractivity (Wildman–Crippen MR) is 108 cm³/mol. The molecule has 0 unspecified atom stereocenters. The summed E-state index contributed by atoms with van der Waals surface area (Å²) < 4.78 is 19.1. The Bertz CT molecular complexity index is 994. The van der Waals surface area contributed by atoms with Crippen LogP contribution in [0.1, 0.15) is 33.7 Å². The summed E-state index contributed by atoms with van der Waals surface area (Å²) in [5.74, 6) is 0.209. The van der Waals surface area contributed by atoms with Crippen molar-refractivity contribution in [3.63, 3.8) is 0 Å². The maximum absolute atomic E-state index is 13.1. The first kappa shape index (κ1) is 18.7. The molecule has 0 saturated carbocycles. The first-order valence-electron chi connectivity index (χ1n) is 9.78. The van der Waals surface area contributed by atoms with Crippen molar-refractivity contribution in [2.45, 2.75) is 26.8 Å². The van der Waals surface area contributed by atoms with Crippen molar-refractivity contribution in [1.29, 1.82) is 0 Å². The minimum absolute atomic E-state index is 0.0308. The van der Waals surface area contributed by atoms with Crippen molar-refractivity contribution in [3.05, 3.63) is 70.7 Å². The van der Waals surface area contributed by atoms with E-state index in [-0.39, 0.29) is 11.7 Å². The van der Waals surface area contributed by atoms with Crippen LogP contribution in [0.5, 0.6) is 0 Å². The molecule has 1 saturated heterocycles. The van der Waals surface area contributed by atoms with Gasteiger partial charge in [0.2, 0.25) is 0 Å². The Labute approximate surface area is 164 Å². The summed E-state index contributed by atoms with van der Waals surface area (Å²) in [5, 5.41) is 1.01. The highest BCUT2D eigenvalue weighted by atomic mass is 19.1. The van der Waals surface area contributed by atoms with Crippen LogP contribution in [0.3, 0.4) is 0 Å². The quantitative estimate of drug-likeness (QED) is 0.670. The van der Waals surface area contributed by atoms with Crippen molar-refractivity contribution in [2.75, 3.05) is 26.2 Å². The molecule has 28 heavy (non-hydrogen) atoms. The van der Waals surface area contributed by atoms with E-state index < -0.39 is 0 Å². The molecule has 4 rings (SSSR count). The third kappa shape index (κ3) is 3.67. The van der Waals surface area contributed by atoms with Crippen LogP contribution < -0.4 is 0 Å². The van der Waals surface area contributed by atoms with Crippen molar-refractivity contribution >= 4 is 16.9 Å². The molecule has 1 aromatic heterocycles. The van der Waals surface area contributed by atoms with Gasteiger partial charge in [0.25, 0.3) is 5.91 Å². The van der Waals surface area contributed by atoms with Gasteiger partial charge in [-0.25, -0.2) is 4.39 Å². The molecule has 0 atom stereocenters. The molecule has 1 fully saturated rings. The molecule has 1 aliphatic heterocycles. The summed E-state index contributed by atoms with van der Waals surface area (Å²) in [6, 6.07) is 12.6. The highest BCUT2D eigenvalue weighted by Crippen LogP contribution is 2.28. The SMILES string of the molecule is Cc1c(C(=O)N2CCCN(Cc3ccc(F)cc3)CC2)oc2c(C)cccc12. The third-order valence-corrected chi connectivity index (χ3v) is 5.55. The molecule has 0 bridgehead atoms. The van der Waals surface area contributed by atoms with Crippen molar-refractivity contribution in [2.24, 2.45) is 0 Å². The first-order valence-corrected chi connectivity index (χ1v) is 9.78. The molecule has 1 amide bonds. The molecule has 3 aromatic rings. The molecule has 1 aliphatic rings. The molecule has 146 valence electrons. The van der Waals surface area contributed by atoms with Crippen LogP contribution in [0.2, 0.25) is 0 Å². The summed E-state index contributed by atoms with van der Waals surface area (Å²) in [7, 11) is 0. The average molecular weight is 380 g/mol. The second-order valence-electron chi connectivity index (χ2n) is 7.56. The lowest BCUT2D eigenvalue weighted by Gasteiger charge is -2.21. The van der Waals surface area contributed by atoms with Gasteiger partial charge in [0.05, 0.1) is 0 Å². The van der Waals surface area contributed by atoms with E-state index in [0.717, 1.165) is 53.7 Å². The van der Waals surface area contributed by atoms with E-state index >= 15 is 0 Å². The van der Waals surface area contributed by atoms with Gasteiger partial charge in [0.15, 0.2) is 5.76 Å². The average Bonchev–Trinajstić information content (AvgIpc) is 2.87. The molecule has 5 heteroatoms. The smallest absolute Gasteiger partial charge is 0.289 e. The third-order valence-electron chi connectivity index (χ3n) is 5.55. The van der Waals surface area contributed by atoms with Crippen LogP contribution in [0.15, 0.2) is 46.9 Å². The fourth-order valence-corrected chi connectivity index (χ4v) is 3.91. The zero-order valence-corrected chi connectivity index (χ0v) is 16.4. The topological polar surface area (TPSA) is 36.7 Å². The molecule has 0 N–H and O–H groups in total. The fourth-order valence-electron chi connectivity index (χ4n) is 3.91.